The molecular weight excluding hydrogens is 406 g/mol. The van der Waals surface area contributed by atoms with E-state index in [1.165, 1.54) is 11.6 Å². The van der Waals surface area contributed by atoms with Crippen molar-refractivity contribution >= 4 is 35.6 Å². The maximum atomic E-state index is 13.7. The number of guanidine groups is 1. The summed E-state index contributed by atoms with van der Waals surface area (Å²) in [5.41, 5.74) is 8.53. The van der Waals surface area contributed by atoms with Gasteiger partial charge in [-0.05, 0) is 36.2 Å². The van der Waals surface area contributed by atoms with E-state index in [2.05, 4.69) is 17.2 Å². The second-order valence-corrected chi connectivity index (χ2v) is 4.80. The second kappa shape index (κ2) is 9.10. The maximum absolute atomic E-state index is 13.7. The number of anilines is 1. The van der Waals surface area contributed by atoms with Crippen molar-refractivity contribution in [2.45, 2.75) is 19.9 Å². The Labute approximate surface area is 152 Å². The molecular formula is C17H18FIN4. The van der Waals surface area contributed by atoms with Gasteiger partial charge in [0.15, 0.2) is 5.96 Å². The minimum atomic E-state index is -0.455. The number of hydrogen-bond donors (Lipinski definition) is 2. The van der Waals surface area contributed by atoms with Gasteiger partial charge in [-0.3, -0.25) is 0 Å². The van der Waals surface area contributed by atoms with Gasteiger partial charge in [0.05, 0.1) is 18.2 Å². The predicted octanol–water partition coefficient (Wildman–Crippen LogP) is 3.80. The topological polar surface area (TPSA) is 74.2 Å². The van der Waals surface area contributed by atoms with Crippen LogP contribution in [0.2, 0.25) is 0 Å². The average Bonchev–Trinajstić information content (AvgIpc) is 2.53. The van der Waals surface area contributed by atoms with Crippen molar-refractivity contribution in [1.29, 1.82) is 5.26 Å². The molecule has 3 N–H and O–H groups in total. The lowest BCUT2D eigenvalue weighted by molar-refractivity contribution is 0.610. The van der Waals surface area contributed by atoms with Crippen molar-refractivity contribution in [3.8, 4) is 6.07 Å². The van der Waals surface area contributed by atoms with E-state index in [0.717, 1.165) is 12.1 Å². The van der Waals surface area contributed by atoms with Crippen LogP contribution < -0.4 is 11.1 Å². The fourth-order valence-corrected chi connectivity index (χ4v) is 1.97. The van der Waals surface area contributed by atoms with Gasteiger partial charge < -0.3 is 11.1 Å². The first-order chi connectivity index (χ1) is 10.6. The molecule has 0 heterocycles. The summed E-state index contributed by atoms with van der Waals surface area (Å²) in [4.78, 5) is 4.12. The Morgan fingerprint density at radius 3 is 2.74 bits per heavy atom. The van der Waals surface area contributed by atoms with Gasteiger partial charge in [-0.2, -0.15) is 5.26 Å². The maximum Gasteiger partial charge on any atom is 0.193 e. The van der Waals surface area contributed by atoms with E-state index in [-0.39, 0.29) is 42.0 Å². The Kier molecular flexibility index (Phi) is 7.48. The Balaban J connectivity index is 0.00000264. The molecule has 0 spiro atoms. The predicted molar refractivity (Wildman–Crippen MR) is 101 cm³/mol. The first kappa shape index (κ1) is 18.9. The van der Waals surface area contributed by atoms with Gasteiger partial charge in [0.1, 0.15) is 5.82 Å². The highest BCUT2D eigenvalue weighted by atomic mass is 127. The number of halogens is 2. The summed E-state index contributed by atoms with van der Waals surface area (Å²) in [5, 5.41) is 11.7. The summed E-state index contributed by atoms with van der Waals surface area (Å²) in [6, 6.07) is 14.0. The number of hydrogen-bond acceptors (Lipinski definition) is 2. The highest BCUT2D eigenvalue weighted by Crippen LogP contribution is 2.12. The van der Waals surface area contributed by atoms with Crippen LogP contribution in [0.15, 0.2) is 47.5 Å². The van der Waals surface area contributed by atoms with Gasteiger partial charge in [0.2, 0.25) is 0 Å². The molecule has 0 aliphatic heterocycles. The summed E-state index contributed by atoms with van der Waals surface area (Å²) in [7, 11) is 0. The van der Waals surface area contributed by atoms with Gasteiger partial charge in [-0.1, -0.05) is 25.1 Å². The standard InChI is InChI=1S/C17H17FN4.HI/c1-2-12-4-3-5-15(8-12)22-17(20)21-11-14-7-6-13(10-19)9-16(14)18;/h3-9H,2,11H2,1H3,(H3,20,21,22);1H. The average molecular weight is 424 g/mol. The van der Waals surface area contributed by atoms with Crippen molar-refractivity contribution in [2.24, 2.45) is 10.7 Å². The summed E-state index contributed by atoms with van der Waals surface area (Å²) >= 11 is 0. The molecule has 2 aromatic carbocycles. The Morgan fingerprint density at radius 1 is 1.30 bits per heavy atom. The molecule has 2 rings (SSSR count). The third kappa shape index (κ3) is 5.53. The number of rotatable bonds is 4. The molecule has 0 radical (unpaired) electrons. The molecule has 0 aliphatic rings. The van der Waals surface area contributed by atoms with Gasteiger partial charge in [-0.15, -0.1) is 24.0 Å². The molecule has 0 atom stereocenters. The lowest BCUT2D eigenvalue weighted by Gasteiger charge is -2.07. The quantitative estimate of drug-likeness (QED) is 0.446. The molecule has 0 amide bonds. The lowest BCUT2D eigenvalue weighted by Crippen LogP contribution is -2.22. The molecule has 0 unspecified atom stereocenters. The minimum Gasteiger partial charge on any atom is -0.370 e. The van der Waals surface area contributed by atoms with Crippen LogP contribution in [0.25, 0.3) is 0 Å². The highest BCUT2D eigenvalue weighted by Gasteiger charge is 2.03. The van der Waals surface area contributed by atoms with E-state index < -0.39 is 5.82 Å². The first-order valence-electron chi connectivity index (χ1n) is 6.96. The SMILES string of the molecule is CCc1cccc(NC(N)=NCc2ccc(C#N)cc2F)c1.I. The van der Waals surface area contributed by atoms with E-state index in [1.54, 1.807) is 12.1 Å². The van der Waals surface area contributed by atoms with Crippen LogP contribution in [0.4, 0.5) is 10.1 Å². The summed E-state index contributed by atoms with van der Waals surface area (Å²) in [6.07, 6.45) is 0.934. The molecule has 120 valence electrons. The Hall–Kier alpha value is -2.14. The van der Waals surface area contributed by atoms with Crippen LogP contribution >= 0.6 is 24.0 Å². The number of nitriles is 1. The number of nitrogens with one attached hydrogen (secondary N) is 1. The Morgan fingerprint density at radius 2 is 2.09 bits per heavy atom. The van der Waals surface area contributed by atoms with Crippen molar-refractivity contribution in [3.05, 3.63) is 65.0 Å². The van der Waals surface area contributed by atoms with Crippen LogP contribution in [-0.4, -0.2) is 5.96 Å². The molecule has 23 heavy (non-hydrogen) atoms. The van der Waals surface area contributed by atoms with Gasteiger partial charge >= 0.3 is 0 Å². The summed E-state index contributed by atoms with van der Waals surface area (Å²) in [6.45, 7) is 2.19. The van der Waals surface area contributed by atoms with Crippen molar-refractivity contribution in [2.75, 3.05) is 5.32 Å². The smallest absolute Gasteiger partial charge is 0.193 e. The number of aliphatic imine (C=N–C) groups is 1. The zero-order valence-corrected chi connectivity index (χ0v) is 15.0. The van der Waals surface area contributed by atoms with Gasteiger partial charge in [0.25, 0.3) is 0 Å². The van der Waals surface area contributed by atoms with E-state index in [4.69, 9.17) is 11.0 Å². The van der Waals surface area contributed by atoms with Crippen molar-refractivity contribution < 1.29 is 4.39 Å². The normalized spacial score (nSPS) is 10.6. The van der Waals surface area contributed by atoms with Crippen LogP contribution in [0.1, 0.15) is 23.6 Å². The Bertz CT molecular complexity index is 738. The molecule has 0 fully saturated rings. The fourth-order valence-electron chi connectivity index (χ4n) is 1.97. The van der Waals surface area contributed by atoms with E-state index in [1.807, 2.05) is 30.3 Å². The second-order valence-electron chi connectivity index (χ2n) is 4.80. The molecule has 4 nitrogen and oxygen atoms in total. The lowest BCUT2D eigenvalue weighted by atomic mass is 10.1. The molecule has 0 saturated carbocycles. The summed E-state index contributed by atoms with van der Waals surface area (Å²) in [5.74, 6) is -0.236. The summed E-state index contributed by atoms with van der Waals surface area (Å²) < 4.78 is 13.7. The van der Waals surface area contributed by atoms with E-state index >= 15 is 0 Å². The molecule has 0 aliphatic carbocycles. The first-order valence-corrected chi connectivity index (χ1v) is 6.96. The van der Waals surface area contributed by atoms with Crippen LogP contribution in [0, 0.1) is 17.1 Å². The van der Waals surface area contributed by atoms with Gasteiger partial charge in [0, 0.05) is 11.3 Å². The monoisotopic (exact) mass is 424 g/mol. The van der Waals surface area contributed by atoms with Crippen LogP contribution in [0.3, 0.4) is 0 Å². The molecule has 6 heteroatoms. The molecule has 0 bridgehead atoms. The third-order valence-corrected chi connectivity index (χ3v) is 3.21. The van der Waals surface area contributed by atoms with Crippen LogP contribution in [0.5, 0.6) is 0 Å². The largest absolute Gasteiger partial charge is 0.370 e. The molecule has 2 aromatic rings. The highest BCUT2D eigenvalue weighted by molar-refractivity contribution is 14.0. The molecule has 0 saturated heterocycles. The van der Waals surface area contributed by atoms with Gasteiger partial charge in [-0.25, -0.2) is 9.38 Å². The number of nitrogens with two attached hydrogens (primary N) is 1. The number of benzene rings is 2. The van der Waals surface area contributed by atoms with Crippen LogP contribution in [-0.2, 0) is 13.0 Å². The van der Waals surface area contributed by atoms with Crippen molar-refractivity contribution in [3.63, 3.8) is 0 Å². The minimum absolute atomic E-state index is 0. The fraction of sp³-hybridized carbons (Fsp3) is 0.176. The van der Waals surface area contributed by atoms with E-state index in [9.17, 15) is 4.39 Å². The molecule has 0 aromatic heterocycles. The zero-order valence-electron chi connectivity index (χ0n) is 12.7. The van der Waals surface area contributed by atoms with E-state index in [0.29, 0.717) is 5.56 Å². The number of aryl methyl sites for hydroxylation is 1. The zero-order chi connectivity index (χ0) is 15.9. The number of nitrogens with zero attached hydrogens (tertiary/aromatic N) is 2. The van der Waals surface area contributed by atoms with Crippen molar-refractivity contribution in [1.82, 2.24) is 0 Å². The third-order valence-electron chi connectivity index (χ3n) is 3.21.